The first-order valence-electron chi connectivity index (χ1n) is 12.1. The van der Waals surface area contributed by atoms with Crippen LogP contribution in [0, 0.1) is 6.92 Å². The van der Waals surface area contributed by atoms with E-state index in [1.807, 2.05) is 37.3 Å². The number of nitrogens with one attached hydrogen (secondary N) is 2. The van der Waals surface area contributed by atoms with Crippen LogP contribution in [0.25, 0.3) is 0 Å². The number of amides is 3. The smallest absolute Gasteiger partial charge is 0.243 e. The average Bonchev–Trinajstić information content (AvgIpc) is 2.92. The number of ketones is 1. The highest BCUT2D eigenvalue weighted by Gasteiger charge is 2.34. The van der Waals surface area contributed by atoms with Crippen molar-refractivity contribution in [2.45, 2.75) is 38.8 Å². The fraction of sp³-hybridized carbons (Fsp3) is 0.241. The lowest BCUT2D eigenvalue weighted by molar-refractivity contribution is -0.142. The summed E-state index contributed by atoms with van der Waals surface area (Å²) < 4.78 is 0. The predicted molar refractivity (Wildman–Crippen MR) is 142 cm³/mol. The van der Waals surface area contributed by atoms with Crippen LogP contribution in [0.5, 0.6) is 0 Å². The molecular weight excluding hydrogens is 490 g/mol. The summed E-state index contributed by atoms with van der Waals surface area (Å²) in [5.74, 6) is -1.21. The van der Waals surface area contributed by atoms with E-state index in [9.17, 15) is 19.2 Å². The van der Waals surface area contributed by atoms with Gasteiger partial charge in [-0.05, 0) is 41.8 Å². The maximum atomic E-state index is 13.2. The second-order valence-corrected chi connectivity index (χ2v) is 9.44. The third kappa shape index (κ3) is 6.62. The number of fused-ring (bicyclic) bond motifs is 1. The molecule has 0 radical (unpaired) electrons. The van der Waals surface area contributed by atoms with Crippen molar-refractivity contribution in [3.8, 4) is 0 Å². The Morgan fingerprint density at radius 3 is 2.35 bits per heavy atom. The van der Waals surface area contributed by atoms with E-state index in [1.54, 1.807) is 42.5 Å². The van der Waals surface area contributed by atoms with Crippen LogP contribution in [0.15, 0.2) is 72.8 Å². The van der Waals surface area contributed by atoms with E-state index in [4.69, 9.17) is 11.6 Å². The monoisotopic (exact) mass is 517 g/mol. The zero-order valence-corrected chi connectivity index (χ0v) is 21.3. The summed E-state index contributed by atoms with van der Waals surface area (Å²) in [6.45, 7) is 1.86. The standard InChI is InChI=1S/C29H28ClN3O4/c1-19-15-23(11-12-24(19)30)32-27(35)17-31-29(37)25-16-21-9-5-6-10-22(21)18-33(25)28(36)14-13-26(34)20-7-3-2-4-8-20/h2-12,15,25H,13-14,16-18H2,1H3,(H,31,37)(H,32,35)/t25-/m0/s1. The van der Waals surface area contributed by atoms with Gasteiger partial charge in [-0.15, -0.1) is 0 Å². The molecule has 0 aliphatic carbocycles. The highest BCUT2D eigenvalue weighted by atomic mass is 35.5. The van der Waals surface area contributed by atoms with Crippen LogP contribution in [-0.4, -0.2) is 41.0 Å². The van der Waals surface area contributed by atoms with Crippen LogP contribution in [0.3, 0.4) is 0 Å². The Kier molecular flexibility index (Phi) is 8.36. The van der Waals surface area contributed by atoms with E-state index in [0.717, 1.165) is 16.7 Å². The van der Waals surface area contributed by atoms with Crippen LogP contribution in [-0.2, 0) is 27.3 Å². The molecular formula is C29H28ClN3O4. The number of benzene rings is 3. The minimum atomic E-state index is -0.778. The third-order valence-corrected chi connectivity index (χ3v) is 6.82. The van der Waals surface area contributed by atoms with Crippen LogP contribution in [0.2, 0.25) is 5.02 Å². The topological polar surface area (TPSA) is 95.6 Å². The second-order valence-electron chi connectivity index (χ2n) is 9.03. The molecule has 1 aliphatic rings. The number of carbonyl (C=O) groups is 4. The maximum absolute atomic E-state index is 13.2. The van der Waals surface area contributed by atoms with E-state index < -0.39 is 17.9 Å². The molecule has 7 nitrogen and oxygen atoms in total. The van der Waals surface area contributed by atoms with Crippen molar-refractivity contribution in [3.05, 3.63) is 100 Å². The number of hydrogen-bond donors (Lipinski definition) is 2. The first-order valence-corrected chi connectivity index (χ1v) is 12.5. The number of aryl methyl sites for hydroxylation is 1. The van der Waals surface area contributed by atoms with E-state index in [2.05, 4.69) is 10.6 Å². The summed E-state index contributed by atoms with van der Waals surface area (Å²) in [5, 5.41) is 6.00. The van der Waals surface area contributed by atoms with Gasteiger partial charge < -0.3 is 15.5 Å². The molecule has 0 bridgehead atoms. The number of Topliss-reactive ketones (excluding diaryl/α,β-unsaturated/α-hetero) is 1. The Morgan fingerprint density at radius 2 is 1.62 bits per heavy atom. The summed E-state index contributed by atoms with van der Waals surface area (Å²) in [4.78, 5) is 52.8. The summed E-state index contributed by atoms with van der Waals surface area (Å²) >= 11 is 6.03. The molecule has 8 heteroatoms. The number of rotatable bonds is 8. The van der Waals surface area contributed by atoms with Crippen molar-refractivity contribution in [3.63, 3.8) is 0 Å². The zero-order chi connectivity index (χ0) is 26.4. The molecule has 3 aromatic rings. The predicted octanol–water partition coefficient (Wildman–Crippen LogP) is 4.32. The van der Waals surface area contributed by atoms with Gasteiger partial charge in [0.25, 0.3) is 0 Å². The Balaban J connectivity index is 1.40. The summed E-state index contributed by atoms with van der Waals surface area (Å²) in [5.41, 5.74) is 3.89. The Labute approximate surface area is 220 Å². The molecule has 37 heavy (non-hydrogen) atoms. The van der Waals surface area contributed by atoms with Gasteiger partial charge in [-0.25, -0.2) is 0 Å². The van der Waals surface area contributed by atoms with Gasteiger partial charge in [-0.2, -0.15) is 0 Å². The molecule has 3 amide bonds. The van der Waals surface area contributed by atoms with Crippen molar-refractivity contribution < 1.29 is 19.2 Å². The summed E-state index contributed by atoms with van der Waals surface area (Å²) in [6.07, 6.45) is 0.382. The molecule has 190 valence electrons. The van der Waals surface area contributed by atoms with Crippen molar-refractivity contribution >= 4 is 40.8 Å². The highest BCUT2D eigenvalue weighted by molar-refractivity contribution is 6.31. The molecule has 0 fully saturated rings. The Bertz CT molecular complexity index is 1330. The largest absolute Gasteiger partial charge is 0.345 e. The van der Waals surface area contributed by atoms with Gasteiger partial charge in [0.1, 0.15) is 6.04 Å². The molecule has 0 saturated heterocycles. The number of halogens is 1. The molecule has 1 aliphatic heterocycles. The maximum Gasteiger partial charge on any atom is 0.243 e. The third-order valence-electron chi connectivity index (χ3n) is 6.40. The molecule has 0 aromatic heterocycles. The average molecular weight is 518 g/mol. The summed E-state index contributed by atoms with van der Waals surface area (Å²) in [6, 6.07) is 20.8. The van der Waals surface area contributed by atoms with Crippen molar-refractivity contribution in [2.75, 3.05) is 11.9 Å². The quantitative estimate of drug-likeness (QED) is 0.435. The lowest BCUT2D eigenvalue weighted by atomic mass is 9.93. The zero-order valence-electron chi connectivity index (χ0n) is 20.5. The van der Waals surface area contributed by atoms with Crippen LogP contribution < -0.4 is 10.6 Å². The van der Waals surface area contributed by atoms with Gasteiger partial charge in [0.2, 0.25) is 17.7 Å². The fourth-order valence-electron chi connectivity index (χ4n) is 4.36. The van der Waals surface area contributed by atoms with Crippen LogP contribution >= 0.6 is 11.6 Å². The van der Waals surface area contributed by atoms with E-state index in [-0.39, 0.29) is 37.6 Å². The molecule has 2 N–H and O–H groups in total. The second kappa shape index (κ2) is 11.8. The van der Waals surface area contributed by atoms with Gasteiger partial charge in [0.05, 0.1) is 6.54 Å². The number of hydrogen-bond acceptors (Lipinski definition) is 4. The van der Waals surface area contributed by atoms with Crippen LogP contribution in [0.1, 0.15) is 39.9 Å². The van der Waals surface area contributed by atoms with Gasteiger partial charge >= 0.3 is 0 Å². The van der Waals surface area contributed by atoms with E-state index in [1.165, 1.54) is 4.90 Å². The van der Waals surface area contributed by atoms with Gasteiger partial charge in [0, 0.05) is 42.1 Å². The Morgan fingerprint density at radius 1 is 0.919 bits per heavy atom. The van der Waals surface area contributed by atoms with Crippen molar-refractivity contribution in [1.82, 2.24) is 10.2 Å². The van der Waals surface area contributed by atoms with E-state index >= 15 is 0 Å². The first-order chi connectivity index (χ1) is 17.8. The Hall–Kier alpha value is -3.97. The lowest BCUT2D eigenvalue weighted by Gasteiger charge is -2.36. The molecule has 0 spiro atoms. The van der Waals surface area contributed by atoms with Gasteiger partial charge in [0.15, 0.2) is 5.78 Å². The molecule has 4 rings (SSSR count). The lowest BCUT2D eigenvalue weighted by Crippen LogP contribution is -2.53. The first kappa shape index (κ1) is 26.1. The minimum Gasteiger partial charge on any atom is -0.345 e. The minimum absolute atomic E-state index is 0.00389. The number of carbonyl (C=O) groups excluding carboxylic acids is 4. The molecule has 0 unspecified atom stereocenters. The highest BCUT2D eigenvalue weighted by Crippen LogP contribution is 2.25. The van der Waals surface area contributed by atoms with Crippen molar-refractivity contribution in [1.29, 1.82) is 0 Å². The SMILES string of the molecule is Cc1cc(NC(=O)CNC(=O)[C@@H]2Cc3ccccc3CN2C(=O)CCC(=O)c2ccccc2)ccc1Cl. The molecule has 1 heterocycles. The van der Waals surface area contributed by atoms with Gasteiger partial charge in [-0.1, -0.05) is 66.2 Å². The summed E-state index contributed by atoms with van der Waals surface area (Å²) in [7, 11) is 0. The fourth-order valence-corrected chi connectivity index (χ4v) is 4.48. The molecule has 1 atom stereocenters. The van der Waals surface area contributed by atoms with Gasteiger partial charge in [-0.3, -0.25) is 19.2 Å². The number of nitrogens with zero attached hydrogens (tertiary/aromatic N) is 1. The number of anilines is 1. The van der Waals surface area contributed by atoms with Crippen LogP contribution in [0.4, 0.5) is 5.69 Å². The van der Waals surface area contributed by atoms with E-state index in [0.29, 0.717) is 22.7 Å². The molecule has 3 aromatic carbocycles. The normalized spacial score (nSPS) is 14.4. The van der Waals surface area contributed by atoms with Crippen molar-refractivity contribution in [2.24, 2.45) is 0 Å². The molecule has 0 saturated carbocycles.